The fraction of sp³-hybridized carbons (Fsp3) is 0.846. The Morgan fingerprint density at radius 2 is 1.95 bits per heavy atom. The van der Waals surface area contributed by atoms with Crippen molar-refractivity contribution >= 4 is 12.1 Å². The molecular weight excluding hydrogens is 250 g/mol. The number of hydrogen-bond acceptors (Lipinski definition) is 5. The van der Waals surface area contributed by atoms with Gasteiger partial charge in [0.15, 0.2) is 0 Å². The molecular formula is C13H23NO5. The summed E-state index contributed by atoms with van der Waals surface area (Å²) in [6.07, 6.45) is -0.357. The molecule has 0 unspecified atom stereocenters. The quantitative estimate of drug-likeness (QED) is 0.768. The maximum absolute atomic E-state index is 12.1. The van der Waals surface area contributed by atoms with Gasteiger partial charge in [-0.1, -0.05) is 0 Å². The number of hydrogen-bond donors (Lipinski definition) is 1. The van der Waals surface area contributed by atoms with Crippen LogP contribution in [-0.4, -0.2) is 53.0 Å². The lowest BCUT2D eigenvalue weighted by Gasteiger charge is -2.37. The molecule has 0 aromatic carbocycles. The van der Waals surface area contributed by atoms with Crippen LogP contribution in [0.5, 0.6) is 0 Å². The van der Waals surface area contributed by atoms with Crippen LogP contribution in [0.2, 0.25) is 0 Å². The number of amides is 1. The number of aliphatic hydroxyl groups is 1. The van der Waals surface area contributed by atoms with E-state index in [9.17, 15) is 14.7 Å². The van der Waals surface area contributed by atoms with Crippen molar-refractivity contribution in [1.82, 2.24) is 4.90 Å². The number of carbonyl (C=O) groups is 2. The minimum absolute atomic E-state index is 0.0956. The smallest absolute Gasteiger partial charge is 0.411 e. The molecule has 1 fully saturated rings. The van der Waals surface area contributed by atoms with E-state index in [1.165, 1.54) is 4.90 Å². The van der Waals surface area contributed by atoms with E-state index in [1.807, 2.05) is 0 Å². The fourth-order valence-electron chi connectivity index (χ4n) is 1.96. The first-order valence-electron chi connectivity index (χ1n) is 6.59. The van der Waals surface area contributed by atoms with Crippen LogP contribution in [0.1, 0.15) is 40.5 Å². The Hall–Kier alpha value is -1.30. The fourth-order valence-corrected chi connectivity index (χ4v) is 1.96. The van der Waals surface area contributed by atoms with E-state index in [2.05, 4.69) is 0 Å². The van der Waals surface area contributed by atoms with E-state index in [0.29, 0.717) is 12.8 Å². The number of piperidine rings is 1. The number of β-amino-alcohol motifs (C(OH)–C–C–N with tert-alkyl or cyclic N) is 1. The van der Waals surface area contributed by atoms with Crippen LogP contribution >= 0.6 is 0 Å². The largest absolute Gasteiger partial charge is 0.464 e. The molecule has 110 valence electrons. The summed E-state index contributed by atoms with van der Waals surface area (Å²) in [6, 6.07) is -0.668. The highest BCUT2D eigenvalue weighted by Crippen LogP contribution is 2.21. The molecule has 1 aliphatic heterocycles. The summed E-state index contributed by atoms with van der Waals surface area (Å²) in [5, 5.41) is 9.65. The normalized spacial score (nSPS) is 23.9. The van der Waals surface area contributed by atoms with Gasteiger partial charge in [0.05, 0.1) is 19.3 Å². The Labute approximate surface area is 113 Å². The van der Waals surface area contributed by atoms with Crippen LogP contribution in [0.25, 0.3) is 0 Å². The summed E-state index contributed by atoms with van der Waals surface area (Å²) in [4.78, 5) is 25.2. The Morgan fingerprint density at radius 1 is 1.32 bits per heavy atom. The van der Waals surface area contributed by atoms with Gasteiger partial charge < -0.3 is 14.6 Å². The lowest BCUT2D eigenvalue weighted by molar-refractivity contribution is -0.152. The minimum Gasteiger partial charge on any atom is -0.464 e. The summed E-state index contributed by atoms with van der Waals surface area (Å²) in [7, 11) is 0. The van der Waals surface area contributed by atoms with Gasteiger partial charge in [0, 0.05) is 0 Å². The first-order chi connectivity index (χ1) is 8.74. The Bertz CT molecular complexity index is 336. The van der Waals surface area contributed by atoms with Crippen molar-refractivity contribution in [3.63, 3.8) is 0 Å². The summed E-state index contributed by atoms with van der Waals surface area (Å²) < 4.78 is 10.2. The van der Waals surface area contributed by atoms with Gasteiger partial charge in [-0.3, -0.25) is 4.90 Å². The van der Waals surface area contributed by atoms with Gasteiger partial charge in [-0.05, 0) is 40.5 Å². The van der Waals surface area contributed by atoms with Gasteiger partial charge in [0.2, 0.25) is 0 Å². The average Bonchev–Trinajstić information content (AvgIpc) is 2.26. The zero-order valence-corrected chi connectivity index (χ0v) is 12.0. The van der Waals surface area contributed by atoms with Crippen LogP contribution in [0, 0.1) is 0 Å². The van der Waals surface area contributed by atoms with Gasteiger partial charge in [0.1, 0.15) is 11.6 Å². The van der Waals surface area contributed by atoms with Crippen LogP contribution in [-0.2, 0) is 14.3 Å². The van der Waals surface area contributed by atoms with Crippen molar-refractivity contribution < 1.29 is 24.2 Å². The third kappa shape index (κ3) is 4.70. The number of esters is 1. The molecule has 1 N–H and O–H groups in total. The average molecular weight is 273 g/mol. The minimum atomic E-state index is -0.668. The number of likely N-dealkylation sites (tertiary alicyclic amines) is 1. The molecule has 6 heteroatoms. The molecule has 0 radical (unpaired) electrons. The van der Waals surface area contributed by atoms with Crippen LogP contribution in [0.4, 0.5) is 4.79 Å². The number of aliphatic hydroxyl groups excluding tert-OH is 1. The summed E-state index contributed by atoms with van der Waals surface area (Å²) in [5.41, 5.74) is -0.640. The Morgan fingerprint density at radius 3 is 2.47 bits per heavy atom. The molecule has 0 spiro atoms. The molecule has 1 heterocycles. The second-order valence-electron chi connectivity index (χ2n) is 5.63. The van der Waals surface area contributed by atoms with Crippen LogP contribution < -0.4 is 0 Å². The number of rotatable bonds is 2. The lowest BCUT2D eigenvalue weighted by atomic mass is 10.0. The summed E-state index contributed by atoms with van der Waals surface area (Å²) >= 11 is 0. The maximum atomic E-state index is 12.1. The molecule has 0 bridgehead atoms. The highest BCUT2D eigenvalue weighted by molar-refractivity contribution is 5.81. The van der Waals surface area contributed by atoms with Gasteiger partial charge >= 0.3 is 12.1 Å². The number of ether oxygens (including phenoxy) is 2. The molecule has 0 aromatic heterocycles. The first kappa shape index (κ1) is 15.8. The van der Waals surface area contributed by atoms with Crippen molar-refractivity contribution in [2.24, 2.45) is 0 Å². The molecule has 1 saturated heterocycles. The maximum Gasteiger partial charge on any atom is 0.411 e. The highest BCUT2D eigenvalue weighted by atomic mass is 16.6. The Balaban J connectivity index is 2.78. The SMILES string of the molecule is CCOC(=O)[C@H]1CC[C@@H](O)CN1C(=O)OC(C)(C)C. The van der Waals surface area contributed by atoms with Gasteiger partial charge in [-0.25, -0.2) is 9.59 Å². The van der Waals surface area contributed by atoms with E-state index >= 15 is 0 Å². The third-order valence-electron chi connectivity index (χ3n) is 2.74. The predicted octanol–water partition coefficient (Wildman–Crippen LogP) is 1.31. The van der Waals surface area contributed by atoms with Crippen molar-refractivity contribution in [3.05, 3.63) is 0 Å². The standard InChI is InChI=1S/C13H23NO5/c1-5-18-11(16)10-7-6-9(15)8-14(10)12(17)19-13(2,3)4/h9-10,15H,5-8H2,1-4H3/t9-,10-/m1/s1. The first-order valence-corrected chi connectivity index (χ1v) is 6.59. The molecule has 1 amide bonds. The van der Waals surface area contributed by atoms with Crippen molar-refractivity contribution in [2.75, 3.05) is 13.2 Å². The van der Waals surface area contributed by atoms with Crippen molar-refractivity contribution in [3.8, 4) is 0 Å². The zero-order chi connectivity index (χ0) is 14.6. The van der Waals surface area contributed by atoms with Gasteiger partial charge in [-0.2, -0.15) is 0 Å². The van der Waals surface area contributed by atoms with Gasteiger partial charge in [-0.15, -0.1) is 0 Å². The van der Waals surface area contributed by atoms with E-state index in [1.54, 1.807) is 27.7 Å². The molecule has 19 heavy (non-hydrogen) atoms. The highest BCUT2D eigenvalue weighted by Gasteiger charge is 2.38. The molecule has 1 aliphatic rings. The summed E-state index contributed by atoms with van der Waals surface area (Å²) in [6.45, 7) is 7.34. The van der Waals surface area contributed by atoms with Crippen molar-refractivity contribution in [1.29, 1.82) is 0 Å². The monoisotopic (exact) mass is 273 g/mol. The van der Waals surface area contributed by atoms with Gasteiger partial charge in [0.25, 0.3) is 0 Å². The topological polar surface area (TPSA) is 76.1 Å². The predicted molar refractivity (Wildman–Crippen MR) is 68.6 cm³/mol. The second-order valence-corrected chi connectivity index (χ2v) is 5.63. The van der Waals surface area contributed by atoms with E-state index in [-0.39, 0.29) is 13.2 Å². The lowest BCUT2D eigenvalue weighted by Crippen LogP contribution is -2.53. The summed E-state index contributed by atoms with van der Waals surface area (Å²) in [5.74, 6) is -0.444. The second kappa shape index (κ2) is 6.23. The van der Waals surface area contributed by atoms with E-state index in [0.717, 1.165) is 0 Å². The van der Waals surface area contributed by atoms with E-state index < -0.39 is 29.8 Å². The number of carbonyl (C=O) groups excluding carboxylic acids is 2. The molecule has 1 rings (SSSR count). The van der Waals surface area contributed by atoms with E-state index in [4.69, 9.17) is 9.47 Å². The van der Waals surface area contributed by atoms with Crippen LogP contribution in [0.3, 0.4) is 0 Å². The van der Waals surface area contributed by atoms with Crippen LogP contribution in [0.15, 0.2) is 0 Å². The molecule has 0 saturated carbocycles. The Kier molecular flexibility index (Phi) is 5.17. The zero-order valence-electron chi connectivity index (χ0n) is 12.0. The molecule has 0 aromatic rings. The molecule has 0 aliphatic carbocycles. The molecule has 6 nitrogen and oxygen atoms in total. The molecule has 2 atom stereocenters. The van der Waals surface area contributed by atoms with Crippen molar-refractivity contribution in [2.45, 2.75) is 58.3 Å². The third-order valence-corrected chi connectivity index (χ3v) is 2.74. The number of nitrogens with zero attached hydrogens (tertiary/aromatic N) is 1.